The normalized spacial score (nSPS) is 10.6. The first-order chi connectivity index (χ1) is 14.6. The van der Waals surface area contributed by atoms with E-state index < -0.39 is 17.8 Å². The highest BCUT2D eigenvalue weighted by Gasteiger charge is 2.18. The first-order valence-electron chi connectivity index (χ1n) is 9.51. The quantitative estimate of drug-likeness (QED) is 0.539. The Hall–Kier alpha value is -3.20. The molecule has 9 heteroatoms. The van der Waals surface area contributed by atoms with Gasteiger partial charge in [-0.3, -0.25) is 10.1 Å². The first kappa shape index (κ1) is 21.5. The number of carbonyl (C=O) groups excluding carboxylic acids is 2. The molecule has 0 aliphatic rings. The highest BCUT2D eigenvalue weighted by molar-refractivity contribution is 7.99. The van der Waals surface area contributed by atoms with Crippen LogP contribution in [0.3, 0.4) is 0 Å². The topological polar surface area (TPSA) is 88.9 Å². The van der Waals surface area contributed by atoms with Crippen molar-refractivity contribution in [1.29, 1.82) is 0 Å². The number of imide groups is 1. The van der Waals surface area contributed by atoms with E-state index in [4.69, 9.17) is 0 Å². The number of aryl methyl sites for hydroxylation is 1. The fraction of sp³-hybridized carbons (Fsp3) is 0.238. The van der Waals surface area contributed by atoms with Crippen molar-refractivity contribution >= 4 is 23.7 Å². The van der Waals surface area contributed by atoms with E-state index in [1.165, 1.54) is 6.07 Å². The number of nitrogens with zero attached hydrogens (tertiary/aromatic N) is 3. The summed E-state index contributed by atoms with van der Waals surface area (Å²) in [6.07, 6.45) is 0.693. The molecule has 1 aromatic heterocycles. The van der Waals surface area contributed by atoms with Gasteiger partial charge in [0.25, 0.3) is 0 Å². The third-order valence-electron chi connectivity index (χ3n) is 4.22. The number of urea groups is 1. The van der Waals surface area contributed by atoms with Crippen molar-refractivity contribution in [2.45, 2.75) is 25.0 Å². The Labute approximate surface area is 178 Å². The van der Waals surface area contributed by atoms with Crippen molar-refractivity contribution in [3.63, 3.8) is 0 Å². The number of rotatable bonds is 8. The Morgan fingerprint density at radius 3 is 2.53 bits per heavy atom. The molecule has 0 aliphatic heterocycles. The smallest absolute Gasteiger partial charge is 0.321 e. The molecule has 0 saturated carbocycles. The van der Waals surface area contributed by atoms with Crippen molar-refractivity contribution in [1.82, 2.24) is 25.4 Å². The van der Waals surface area contributed by atoms with Crippen LogP contribution in [0.25, 0.3) is 11.4 Å². The first-order valence-corrected chi connectivity index (χ1v) is 10.5. The van der Waals surface area contributed by atoms with Crippen LogP contribution in [0, 0.1) is 5.82 Å². The molecular formula is C21H22FN5O2S. The highest BCUT2D eigenvalue weighted by atomic mass is 32.2. The van der Waals surface area contributed by atoms with E-state index in [2.05, 4.69) is 20.8 Å². The fourth-order valence-corrected chi connectivity index (χ4v) is 3.59. The van der Waals surface area contributed by atoms with Crippen LogP contribution in [0.5, 0.6) is 0 Å². The summed E-state index contributed by atoms with van der Waals surface area (Å²) >= 11 is 1.15. The summed E-state index contributed by atoms with van der Waals surface area (Å²) in [4.78, 5) is 23.5. The van der Waals surface area contributed by atoms with Crippen LogP contribution in [-0.2, 0) is 17.8 Å². The number of halogens is 1. The van der Waals surface area contributed by atoms with Gasteiger partial charge in [-0.25, -0.2) is 9.18 Å². The molecule has 0 radical (unpaired) electrons. The summed E-state index contributed by atoms with van der Waals surface area (Å²) in [6.45, 7) is 2.70. The second-order valence-corrected chi connectivity index (χ2v) is 7.31. The maximum Gasteiger partial charge on any atom is 0.321 e. The Morgan fingerprint density at radius 2 is 1.80 bits per heavy atom. The zero-order valence-electron chi connectivity index (χ0n) is 16.5. The lowest BCUT2D eigenvalue weighted by atomic mass is 10.1. The van der Waals surface area contributed by atoms with Crippen molar-refractivity contribution in [3.05, 3.63) is 66.0 Å². The Kier molecular flexibility index (Phi) is 7.56. The Balaban J connectivity index is 1.79. The number of nitrogens with one attached hydrogen (secondary N) is 2. The van der Waals surface area contributed by atoms with Gasteiger partial charge in [-0.15, -0.1) is 10.2 Å². The van der Waals surface area contributed by atoms with Gasteiger partial charge in [0, 0.05) is 13.1 Å². The predicted octanol–water partition coefficient (Wildman–Crippen LogP) is 3.26. The molecule has 0 aliphatic carbocycles. The van der Waals surface area contributed by atoms with E-state index in [0.29, 0.717) is 36.1 Å². The number of hydrogen-bond donors (Lipinski definition) is 2. The molecule has 0 fully saturated rings. The zero-order chi connectivity index (χ0) is 21.3. The molecule has 0 bridgehead atoms. The summed E-state index contributed by atoms with van der Waals surface area (Å²) in [5.41, 5.74) is 1.47. The molecular weight excluding hydrogens is 405 g/mol. The van der Waals surface area contributed by atoms with Crippen LogP contribution in [0.1, 0.15) is 12.5 Å². The summed E-state index contributed by atoms with van der Waals surface area (Å²) in [5, 5.41) is 13.6. The zero-order valence-corrected chi connectivity index (χ0v) is 17.3. The number of aromatic nitrogens is 3. The van der Waals surface area contributed by atoms with Gasteiger partial charge in [0.2, 0.25) is 5.91 Å². The summed E-state index contributed by atoms with van der Waals surface area (Å²) in [6, 6.07) is 15.7. The SMILES string of the molecule is CCNC(=O)NC(=O)CSc1nnc(-c2ccccc2F)n1CCc1ccccc1. The van der Waals surface area contributed by atoms with Crippen LogP contribution < -0.4 is 10.6 Å². The van der Waals surface area contributed by atoms with Crippen molar-refractivity contribution in [3.8, 4) is 11.4 Å². The molecule has 0 spiro atoms. The van der Waals surface area contributed by atoms with Gasteiger partial charge in [-0.2, -0.15) is 0 Å². The largest absolute Gasteiger partial charge is 0.338 e. The van der Waals surface area contributed by atoms with Gasteiger partial charge in [0.05, 0.1) is 11.3 Å². The molecule has 2 aromatic carbocycles. The van der Waals surface area contributed by atoms with Gasteiger partial charge in [0.1, 0.15) is 5.82 Å². The van der Waals surface area contributed by atoms with Crippen LogP contribution in [0.2, 0.25) is 0 Å². The van der Waals surface area contributed by atoms with Crippen LogP contribution in [-0.4, -0.2) is 39.0 Å². The number of carbonyl (C=O) groups is 2. The molecule has 3 amide bonds. The predicted molar refractivity (Wildman–Crippen MR) is 114 cm³/mol. The molecule has 3 aromatic rings. The number of thioether (sulfide) groups is 1. The van der Waals surface area contributed by atoms with Crippen LogP contribution in [0.4, 0.5) is 9.18 Å². The van der Waals surface area contributed by atoms with Crippen molar-refractivity contribution < 1.29 is 14.0 Å². The van der Waals surface area contributed by atoms with E-state index in [-0.39, 0.29) is 5.75 Å². The standard InChI is InChI=1S/C21H22FN5O2S/c1-2-23-20(29)24-18(28)14-30-21-26-25-19(16-10-6-7-11-17(16)22)27(21)13-12-15-8-4-3-5-9-15/h3-11H,2,12-14H2,1H3,(H2,23,24,28,29). The van der Waals surface area contributed by atoms with Gasteiger partial charge in [-0.05, 0) is 31.0 Å². The molecule has 3 rings (SSSR count). The number of benzene rings is 2. The van der Waals surface area contributed by atoms with Gasteiger partial charge >= 0.3 is 6.03 Å². The minimum Gasteiger partial charge on any atom is -0.338 e. The van der Waals surface area contributed by atoms with E-state index >= 15 is 0 Å². The Bertz CT molecular complexity index is 1010. The fourth-order valence-electron chi connectivity index (χ4n) is 2.82. The maximum absolute atomic E-state index is 14.4. The molecule has 1 heterocycles. The lowest BCUT2D eigenvalue weighted by Crippen LogP contribution is -2.40. The summed E-state index contributed by atoms with van der Waals surface area (Å²) < 4.78 is 16.2. The van der Waals surface area contributed by atoms with Gasteiger partial charge in [-0.1, -0.05) is 54.2 Å². The lowest BCUT2D eigenvalue weighted by molar-refractivity contribution is -0.117. The van der Waals surface area contributed by atoms with E-state index in [1.54, 1.807) is 29.7 Å². The van der Waals surface area contributed by atoms with E-state index in [9.17, 15) is 14.0 Å². The maximum atomic E-state index is 14.4. The average Bonchev–Trinajstić information content (AvgIpc) is 3.14. The van der Waals surface area contributed by atoms with Gasteiger partial charge < -0.3 is 9.88 Å². The van der Waals surface area contributed by atoms with Crippen LogP contribution in [0.15, 0.2) is 59.8 Å². The molecule has 0 unspecified atom stereocenters. The van der Waals surface area contributed by atoms with E-state index in [1.807, 2.05) is 30.3 Å². The van der Waals surface area contributed by atoms with Crippen molar-refractivity contribution in [2.75, 3.05) is 12.3 Å². The average molecular weight is 428 g/mol. The van der Waals surface area contributed by atoms with Crippen molar-refractivity contribution in [2.24, 2.45) is 0 Å². The molecule has 156 valence electrons. The molecule has 0 atom stereocenters. The minimum absolute atomic E-state index is 0.0160. The van der Waals surface area contributed by atoms with Crippen LogP contribution >= 0.6 is 11.8 Å². The third-order valence-corrected chi connectivity index (χ3v) is 5.19. The third kappa shape index (κ3) is 5.66. The summed E-state index contributed by atoms with van der Waals surface area (Å²) in [5.74, 6) is -0.458. The van der Waals surface area contributed by atoms with E-state index in [0.717, 1.165) is 17.3 Å². The number of hydrogen-bond acceptors (Lipinski definition) is 5. The lowest BCUT2D eigenvalue weighted by Gasteiger charge is -2.11. The monoisotopic (exact) mass is 427 g/mol. The Morgan fingerprint density at radius 1 is 1.07 bits per heavy atom. The highest BCUT2D eigenvalue weighted by Crippen LogP contribution is 2.26. The second kappa shape index (κ2) is 10.5. The molecule has 30 heavy (non-hydrogen) atoms. The molecule has 0 saturated heterocycles. The minimum atomic E-state index is -0.541. The molecule has 2 N–H and O–H groups in total. The number of amides is 3. The van der Waals surface area contributed by atoms with Gasteiger partial charge in [0.15, 0.2) is 11.0 Å². The second-order valence-electron chi connectivity index (χ2n) is 6.37. The summed E-state index contributed by atoms with van der Waals surface area (Å²) in [7, 11) is 0. The molecule has 7 nitrogen and oxygen atoms in total.